The van der Waals surface area contributed by atoms with E-state index in [0.29, 0.717) is 45.1 Å². The van der Waals surface area contributed by atoms with Crippen molar-refractivity contribution in [3.05, 3.63) is 95.3 Å². The number of halogens is 2. The van der Waals surface area contributed by atoms with E-state index in [4.69, 9.17) is 32.4 Å². The highest BCUT2D eigenvalue weighted by Crippen LogP contribution is 2.35. The second kappa shape index (κ2) is 9.82. The van der Waals surface area contributed by atoms with Crippen molar-refractivity contribution in [2.24, 2.45) is 5.92 Å². The molecule has 3 heterocycles. The Labute approximate surface area is 219 Å². The van der Waals surface area contributed by atoms with Crippen LogP contribution < -0.4 is 10.6 Å². The lowest BCUT2D eigenvalue weighted by atomic mass is 9.90. The maximum atomic E-state index is 13.7. The first-order valence-electron chi connectivity index (χ1n) is 12.4. The highest BCUT2D eigenvalue weighted by atomic mass is 35.5. The number of benzene rings is 3. The minimum atomic E-state index is -0.311. The summed E-state index contributed by atoms with van der Waals surface area (Å²) in [6, 6.07) is 24.3. The smallest absolute Gasteiger partial charge is 0.228 e. The first-order valence-corrected chi connectivity index (χ1v) is 12.8. The Bertz CT molecular complexity index is 1540. The summed E-state index contributed by atoms with van der Waals surface area (Å²) in [4.78, 5) is 12.0. The largest absolute Gasteiger partial charge is 0.383 e. The maximum absolute atomic E-state index is 13.7. The van der Waals surface area contributed by atoms with Gasteiger partial charge in [-0.15, -0.1) is 5.10 Å². The number of rotatable bonds is 5. The minimum absolute atomic E-state index is 0.311. The molecule has 3 aromatic carbocycles. The lowest BCUT2D eigenvalue weighted by Crippen LogP contribution is -2.35. The molecule has 8 heteroatoms. The average Bonchev–Trinajstić information content (AvgIpc) is 3.26. The molecule has 5 aromatic rings. The summed E-state index contributed by atoms with van der Waals surface area (Å²) in [7, 11) is 0. The Morgan fingerprint density at radius 1 is 0.892 bits per heavy atom. The van der Waals surface area contributed by atoms with Crippen LogP contribution in [0.1, 0.15) is 18.4 Å². The van der Waals surface area contributed by atoms with Gasteiger partial charge < -0.3 is 10.6 Å². The standard InChI is InChI=1S/C29H26ClFN6/c30-23-8-4-5-9-24(23)37-27(32)25-26(21-10-12-22(31)13-11-21)33-29(34-28(25)35-37)36-16-14-20(15-17-36)18-19-6-2-1-3-7-19/h1-13,20H,14-18,32H2. The fourth-order valence-corrected chi connectivity index (χ4v) is 5.27. The average molecular weight is 513 g/mol. The van der Waals surface area contributed by atoms with Gasteiger partial charge in [-0.2, -0.15) is 4.98 Å². The predicted octanol–water partition coefficient (Wildman–Crippen LogP) is 6.32. The quantitative estimate of drug-likeness (QED) is 0.298. The number of piperidine rings is 1. The van der Waals surface area contributed by atoms with Gasteiger partial charge in [-0.3, -0.25) is 0 Å². The van der Waals surface area contributed by atoms with Crippen molar-refractivity contribution in [2.45, 2.75) is 19.3 Å². The second-order valence-corrected chi connectivity index (χ2v) is 9.85. The SMILES string of the molecule is Nc1c2c(-c3ccc(F)cc3)nc(N3CCC(Cc4ccccc4)CC3)nc2nn1-c1ccccc1Cl. The summed E-state index contributed by atoms with van der Waals surface area (Å²) in [5.74, 6) is 1.30. The van der Waals surface area contributed by atoms with E-state index in [1.54, 1.807) is 22.9 Å². The van der Waals surface area contributed by atoms with E-state index in [1.165, 1.54) is 17.7 Å². The van der Waals surface area contributed by atoms with Crippen LogP contribution in [0.4, 0.5) is 16.2 Å². The number of nitrogens with zero attached hydrogens (tertiary/aromatic N) is 5. The monoisotopic (exact) mass is 512 g/mol. The zero-order valence-electron chi connectivity index (χ0n) is 20.2. The maximum Gasteiger partial charge on any atom is 0.228 e. The molecule has 1 saturated heterocycles. The number of nitrogens with two attached hydrogens (primary N) is 1. The third kappa shape index (κ3) is 4.62. The van der Waals surface area contributed by atoms with Crippen LogP contribution in [-0.4, -0.2) is 32.8 Å². The van der Waals surface area contributed by atoms with Crippen molar-refractivity contribution in [3.8, 4) is 16.9 Å². The molecule has 2 aromatic heterocycles. The first-order chi connectivity index (χ1) is 18.1. The molecule has 1 aliphatic heterocycles. The normalized spacial score (nSPS) is 14.4. The third-order valence-corrected chi connectivity index (χ3v) is 7.34. The van der Waals surface area contributed by atoms with Crippen molar-refractivity contribution in [2.75, 3.05) is 23.7 Å². The van der Waals surface area contributed by atoms with Crippen LogP contribution in [0.5, 0.6) is 0 Å². The van der Waals surface area contributed by atoms with E-state index in [-0.39, 0.29) is 5.82 Å². The van der Waals surface area contributed by atoms with E-state index in [9.17, 15) is 4.39 Å². The van der Waals surface area contributed by atoms with Gasteiger partial charge in [0.05, 0.1) is 21.8 Å². The Balaban J connectivity index is 1.38. The molecule has 6 rings (SSSR count). The zero-order valence-corrected chi connectivity index (χ0v) is 20.9. The molecule has 0 bridgehead atoms. The third-order valence-electron chi connectivity index (χ3n) is 7.02. The Morgan fingerprint density at radius 2 is 1.59 bits per heavy atom. The van der Waals surface area contributed by atoms with Crippen LogP contribution >= 0.6 is 11.6 Å². The summed E-state index contributed by atoms with van der Waals surface area (Å²) in [5, 5.41) is 5.88. The Kier molecular flexibility index (Phi) is 6.22. The molecule has 37 heavy (non-hydrogen) atoms. The van der Waals surface area contributed by atoms with E-state index in [2.05, 4.69) is 35.2 Å². The molecule has 2 N–H and O–H groups in total. The van der Waals surface area contributed by atoms with Crippen molar-refractivity contribution >= 4 is 34.4 Å². The highest BCUT2D eigenvalue weighted by molar-refractivity contribution is 6.32. The molecule has 186 valence electrons. The van der Waals surface area contributed by atoms with Gasteiger partial charge in [0.25, 0.3) is 0 Å². The fourth-order valence-electron chi connectivity index (χ4n) is 5.05. The summed E-state index contributed by atoms with van der Waals surface area (Å²) in [6.07, 6.45) is 3.19. The molecule has 0 unspecified atom stereocenters. The minimum Gasteiger partial charge on any atom is -0.383 e. The van der Waals surface area contributed by atoms with Gasteiger partial charge in [0.1, 0.15) is 11.6 Å². The number of aromatic nitrogens is 4. The summed E-state index contributed by atoms with van der Waals surface area (Å²) in [5.41, 5.74) is 10.5. The zero-order chi connectivity index (χ0) is 25.4. The molecular formula is C29H26ClFN6. The van der Waals surface area contributed by atoms with Gasteiger partial charge in [-0.25, -0.2) is 14.1 Å². The molecule has 0 saturated carbocycles. The van der Waals surface area contributed by atoms with Gasteiger partial charge in [0.15, 0.2) is 5.65 Å². The second-order valence-electron chi connectivity index (χ2n) is 9.45. The highest BCUT2D eigenvalue weighted by Gasteiger charge is 2.25. The van der Waals surface area contributed by atoms with Gasteiger partial charge in [0, 0.05) is 18.7 Å². The summed E-state index contributed by atoms with van der Waals surface area (Å²) >= 11 is 6.45. The molecule has 1 fully saturated rings. The molecule has 0 aliphatic carbocycles. The van der Waals surface area contributed by atoms with Crippen LogP contribution in [0.25, 0.3) is 28.0 Å². The fraction of sp³-hybridized carbons (Fsp3) is 0.207. The van der Waals surface area contributed by atoms with Gasteiger partial charge in [0.2, 0.25) is 5.95 Å². The van der Waals surface area contributed by atoms with Crippen LogP contribution in [-0.2, 0) is 6.42 Å². The van der Waals surface area contributed by atoms with Crippen LogP contribution in [0.3, 0.4) is 0 Å². The van der Waals surface area contributed by atoms with Crippen LogP contribution in [0.2, 0.25) is 5.02 Å². The van der Waals surface area contributed by atoms with E-state index >= 15 is 0 Å². The Hall–Kier alpha value is -3.97. The summed E-state index contributed by atoms with van der Waals surface area (Å²) in [6.45, 7) is 1.71. The molecule has 0 spiro atoms. The van der Waals surface area contributed by atoms with Crippen LogP contribution in [0, 0.1) is 11.7 Å². The topological polar surface area (TPSA) is 72.9 Å². The number of para-hydroxylation sites is 1. The number of hydrogen-bond acceptors (Lipinski definition) is 5. The van der Waals surface area contributed by atoms with Gasteiger partial charge in [-0.1, -0.05) is 54.1 Å². The van der Waals surface area contributed by atoms with Crippen molar-refractivity contribution in [1.82, 2.24) is 19.7 Å². The van der Waals surface area contributed by atoms with Gasteiger partial charge in [-0.05, 0) is 67.1 Å². The van der Waals surface area contributed by atoms with E-state index in [0.717, 1.165) is 37.9 Å². The molecule has 1 aliphatic rings. The number of nitrogen functional groups attached to an aromatic ring is 1. The first kappa shape index (κ1) is 23.4. The summed E-state index contributed by atoms with van der Waals surface area (Å²) < 4.78 is 15.3. The van der Waals surface area contributed by atoms with Crippen molar-refractivity contribution in [3.63, 3.8) is 0 Å². The van der Waals surface area contributed by atoms with Crippen LogP contribution in [0.15, 0.2) is 78.9 Å². The Morgan fingerprint density at radius 3 is 2.32 bits per heavy atom. The van der Waals surface area contributed by atoms with Crippen molar-refractivity contribution < 1.29 is 4.39 Å². The van der Waals surface area contributed by atoms with Crippen molar-refractivity contribution in [1.29, 1.82) is 0 Å². The van der Waals surface area contributed by atoms with Gasteiger partial charge >= 0.3 is 0 Å². The molecule has 0 amide bonds. The molecule has 0 radical (unpaired) electrons. The van der Waals surface area contributed by atoms with E-state index in [1.807, 2.05) is 18.2 Å². The number of fused-ring (bicyclic) bond motifs is 1. The van der Waals surface area contributed by atoms with E-state index < -0.39 is 0 Å². The number of anilines is 2. The predicted molar refractivity (Wildman–Crippen MR) is 147 cm³/mol. The molecule has 0 atom stereocenters. The lowest BCUT2D eigenvalue weighted by molar-refractivity contribution is 0.401. The molecule has 6 nitrogen and oxygen atoms in total. The number of hydrogen-bond donors (Lipinski definition) is 1. The molecular weight excluding hydrogens is 487 g/mol. The lowest BCUT2D eigenvalue weighted by Gasteiger charge is -2.32.